The molecular formula is C36H24N2S. The Bertz CT molecular complexity index is 1980. The standard InChI is InChI=1S/C36H24N2S/c1-3-11-25(12-4-1)37-33-17-9-7-15-29(33)31-23-27(19-21-35(31)37)39-28-20-22-36-32(24-28)30-16-8-10-18-34(30)38(36)26-13-5-2-6-14-26/h1-24H. The Kier molecular flexibility index (Phi) is 5.10. The van der Waals surface area contributed by atoms with Crippen molar-refractivity contribution in [2.75, 3.05) is 0 Å². The fraction of sp³-hybridized carbons (Fsp3) is 0. The van der Waals surface area contributed by atoms with Crippen LogP contribution in [-0.4, -0.2) is 9.13 Å². The van der Waals surface area contributed by atoms with Gasteiger partial charge in [0.2, 0.25) is 0 Å². The van der Waals surface area contributed by atoms with Crippen molar-refractivity contribution in [3.8, 4) is 11.4 Å². The summed E-state index contributed by atoms with van der Waals surface area (Å²) in [6, 6.07) is 52.4. The van der Waals surface area contributed by atoms with Gasteiger partial charge < -0.3 is 9.13 Å². The highest BCUT2D eigenvalue weighted by atomic mass is 32.2. The van der Waals surface area contributed by atoms with Gasteiger partial charge in [-0.3, -0.25) is 0 Å². The van der Waals surface area contributed by atoms with E-state index in [1.807, 2.05) is 11.8 Å². The molecule has 3 heteroatoms. The van der Waals surface area contributed by atoms with Gasteiger partial charge in [0.05, 0.1) is 22.1 Å². The van der Waals surface area contributed by atoms with Crippen molar-refractivity contribution < 1.29 is 0 Å². The second-order valence-electron chi connectivity index (χ2n) is 9.84. The largest absolute Gasteiger partial charge is 0.309 e. The molecule has 0 saturated carbocycles. The van der Waals surface area contributed by atoms with Crippen molar-refractivity contribution in [2.24, 2.45) is 0 Å². The van der Waals surface area contributed by atoms with E-state index in [-0.39, 0.29) is 0 Å². The first kappa shape index (κ1) is 22.3. The summed E-state index contributed by atoms with van der Waals surface area (Å²) in [6.07, 6.45) is 0. The van der Waals surface area contributed by atoms with Crippen LogP contribution in [0.4, 0.5) is 0 Å². The third kappa shape index (κ3) is 3.58. The molecule has 39 heavy (non-hydrogen) atoms. The van der Waals surface area contributed by atoms with Crippen LogP contribution in [-0.2, 0) is 0 Å². The zero-order valence-corrected chi connectivity index (χ0v) is 22.0. The van der Waals surface area contributed by atoms with Gasteiger partial charge in [0.1, 0.15) is 0 Å². The van der Waals surface area contributed by atoms with Crippen molar-refractivity contribution in [2.45, 2.75) is 9.79 Å². The molecule has 2 heterocycles. The lowest BCUT2D eigenvalue weighted by atomic mass is 10.1. The average molecular weight is 517 g/mol. The number of para-hydroxylation sites is 4. The molecule has 2 aromatic heterocycles. The molecule has 8 rings (SSSR count). The third-order valence-corrected chi connectivity index (χ3v) is 8.53. The zero-order chi connectivity index (χ0) is 25.8. The highest BCUT2D eigenvalue weighted by Crippen LogP contribution is 2.39. The Morgan fingerprint density at radius 2 is 0.718 bits per heavy atom. The lowest BCUT2D eigenvalue weighted by Crippen LogP contribution is -1.92. The molecular weight excluding hydrogens is 492 g/mol. The Balaban J connectivity index is 1.26. The molecule has 0 atom stereocenters. The summed E-state index contributed by atoms with van der Waals surface area (Å²) in [7, 11) is 0. The van der Waals surface area contributed by atoms with Gasteiger partial charge in [-0.25, -0.2) is 0 Å². The molecule has 0 saturated heterocycles. The van der Waals surface area contributed by atoms with Crippen molar-refractivity contribution in [1.29, 1.82) is 0 Å². The molecule has 184 valence electrons. The van der Waals surface area contributed by atoms with Gasteiger partial charge in [-0.1, -0.05) is 84.6 Å². The van der Waals surface area contributed by atoms with E-state index in [9.17, 15) is 0 Å². The van der Waals surface area contributed by atoms with E-state index in [1.165, 1.54) is 64.8 Å². The summed E-state index contributed by atoms with van der Waals surface area (Å²) in [5.74, 6) is 0. The molecule has 0 aliphatic rings. The van der Waals surface area contributed by atoms with E-state index in [0.717, 1.165) is 0 Å². The molecule has 0 aliphatic heterocycles. The quantitative estimate of drug-likeness (QED) is 0.226. The maximum atomic E-state index is 2.36. The maximum absolute atomic E-state index is 2.36. The van der Waals surface area contributed by atoms with Crippen molar-refractivity contribution in [1.82, 2.24) is 9.13 Å². The first-order chi connectivity index (χ1) is 19.3. The number of hydrogen-bond acceptors (Lipinski definition) is 1. The minimum atomic E-state index is 1.18. The molecule has 0 radical (unpaired) electrons. The fourth-order valence-electron chi connectivity index (χ4n) is 5.88. The highest BCUT2D eigenvalue weighted by Gasteiger charge is 2.15. The van der Waals surface area contributed by atoms with Crippen LogP contribution in [0.3, 0.4) is 0 Å². The predicted octanol–water partition coefficient (Wildman–Crippen LogP) is 10.0. The van der Waals surface area contributed by atoms with Crippen LogP contribution in [0.15, 0.2) is 155 Å². The summed E-state index contributed by atoms with van der Waals surface area (Å²) < 4.78 is 4.73. The van der Waals surface area contributed by atoms with Crippen LogP contribution in [0, 0.1) is 0 Å². The average Bonchev–Trinajstić information content (AvgIpc) is 3.50. The predicted molar refractivity (Wildman–Crippen MR) is 166 cm³/mol. The number of nitrogens with zero attached hydrogens (tertiary/aromatic N) is 2. The van der Waals surface area contributed by atoms with E-state index in [4.69, 9.17) is 0 Å². The molecule has 2 nitrogen and oxygen atoms in total. The van der Waals surface area contributed by atoms with E-state index < -0.39 is 0 Å². The van der Waals surface area contributed by atoms with Crippen LogP contribution >= 0.6 is 11.8 Å². The summed E-state index contributed by atoms with van der Waals surface area (Å²) >= 11 is 1.83. The second-order valence-corrected chi connectivity index (χ2v) is 11.0. The molecule has 6 aromatic carbocycles. The van der Waals surface area contributed by atoms with Crippen molar-refractivity contribution in [3.05, 3.63) is 146 Å². The lowest BCUT2D eigenvalue weighted by molar-refractivity contribution is 1.18. The van der Waals surface area contributed by atoms with E-state index in [2.05, 4.69) is 155 Å². The zero-order valence-electron chi connectivity index (χ0n) is 21.2. The first-order valence-electron chi connectivity index (χ1n) is 13.2. The summed E-state index contributed by atoms with van der Waals surface area (Å²) in [5, 5.41) is 5.11. The van der Waals surface area contributed by atoms with Gasteiger partial charge >= 0.3 is 0 Å². The summed E-state index contributed by atoms with van der Waals surface area (Å²) in [6.45, 7) is 0. The maximum Gasteiger partial charge on any atom is 0.0541 e. The van der Waals surface area contributed by atoms with E-state index in [1.54, 1.807) is 0 Å². The second kappa shape index (κ2) is 8.93. The Labute approximate surface area is 230 Å². The smallest absolute Gasteiger partial charge is 0.0541 e. The van der Waals surface area contributed by atoms with Crippen molar-refractivity contribution >= 4 is 55.4 Å². The number of rotatable bonds is 4. The normalized spacial score (nSPS) is 11.7. The molecule has 0 bridgehead atoms. The van der Waals surface area contributed by atoms with Gasteiger partial charge in [-0.15, -0.1) is 0 Å². The van der Waals surface area contributed by atoms with E-state index >= 15 is 0 Å². The monoisotopic (exact) mass is 516 g/mol. The molecule has 0 aliphatic carbocycles. The van der Waals surface area contributed by atoms with Crippen LogP contribution < -0.4 is 0 Å². The summed E-state index contributed by atoms with van der Waals surface area (Å²) in [4.78, 5) is 2.48. The molecule has 0 unspecified atom stereocenters. The lowest BCUT2D eigenvalue weighted by Gasteiger charge is -2.09. The molecule has 8 aromatic rings. The number of hydrogen-bond donors (Lipinski definition) is 0. The van der Waals surface area contributed by atoms with Crippen LogP contribution in [0.1, 0.15) is 0 Å². The first-order valence-corrected chi connectivity index (χ1v) is 14.0. The topological polar surface area (TPSA) is 9.86 Å². The number of aromatic nitrogens is 2. The third-order valence-electron chi connectivity index (χ3n) is 7.55. The molecule has 0 fully saturated rings. The Hall–Kier alpha value is -4.73. The van der Waals surface area contributed by atoms with Gasteiger partial charge in [0.15, 0.2) is 0 Å². The van der Waals surface area contributed by atoms with Crippen LogP contribution in [0.5, 0.6) is 0 Å². The summed E-state index contributed by atoms with van der Waals surface area (Å²) in [5.41, 5.74) is 7.29. The molecule has 0 amide bonds. The van der Waals surface area contributed by atoms with Crippen LogP contribution in [0.25, 0.3) is 55.0 Å². The van der Waals surface area contributed by atoms with Crippen molar-refractivity contribution in [3.63, 3.8) is 0 Å². The van der Waals surface area contributed by atoms with Gasteiger partial charge in [0, 0.05) is 42.7 Å². The van der Waals surface area contributed by atoms with Crippen LogP contribution in [0.2, 0.25) is 0 Å². The van der Waals surface area contributed by atoms with E-state index in [0.29, 0.717) is 0 Å². The fourth-order valence-corrected chi connectivity index (χ4v) is 6.78. The molecule has 0 N–H and O–H groups in total. The van der Waals surface area contributed by atoms with Gasteiger partial charge in [-0.2, -0.15) is 0 Å². The van der Waals surface area contributed by atoms with Gasteiger partial charge in [-0.05, 0) is 72.8 Å². The minimum Gasteiger partial charge on any atom is -0.309 e. The number of fused-ring (bicyclic) bond motifs is 6. The SMILES string of the molecule is c1ccc(-n2c3ccccc3c3cc(Sc4ccc5c(c4)c4ccccc4n5-c4ccccc4)ccc32)cc1. The number of benzene rings is 6. The Morgan fingerprint density at radius 1 is 0.333 bits per heavy atom. The molecule has 0 spiro atoms. The van der Waals surface area contributed by atoms with Gasteiger partial charge in [0.25, 0.3) is 0 Å². The minimum absolute atomic E-state index is 1.18. The Morgan fingerprint density at radius 3 is 1.18 bits per heavy atom. The highest BCUT2D eigenvalue weighted by molar-refractivity contribution is 7.99.